The first-order valence-corrected chi connectivity index (χ1v) is 12.8. The molecule has 2 saturated heterocycles. The molecule has 2 aliphatic heterocycles. The van der Waals surface area contributed by atoms with Gasteiger partial charge in [-0.25, -0.2) is 4.98 Å². The van der Waals surface area contributed by atoms with E-state index in [4.69, 9.17) is 9.47 Å². The minimum absolute atomic E-state index is 0.181. The highest BCUT2D eigenvalue weighted by Crippen LogP contribution is 2.31. The maximum atomic E-state index is 12.9. The van der Waals surface area contributed by atoms with Gasteiger partial charge in [-0.05, 0) is 30.3 Å². The topological polar surface area (TPSA) is 101 Å². The number of hydrogen-bond donors (Lipinski definition) is 2. The number of morpholine rings is 2. The SMILES string of the molecule is O=c1[nH]ccc2c(-c3cnn(CCN4CCOCC4)c3)cnc(Nc3ccc(N4CCOCC4)cc3)c12. The number of H-pyrrole nitrogens is 1. The molecule has 192 valence electrons. The van der Waals surface area contributed by atoms with E-state index in [1.807, 2.05) is 41.5 Å². The Labute approximate surface area is 214 Å². The zero-order valence-corrected chi connectivity index (χ0v) is 20.7. The van der Waals surface area contributed by atoms with Gasteiger partial charge in [-0.1, -0.05) is 0 Å². The maximum Gasteiger partial charge on any atom is 0.259 e. The Morgan fingerprint density at radius 1 is 0.919 bits per heavy atom. The number of rotatable bonds is 7. The first kappa shape index (κ1) is 23.7. The van der Waals surface area contributed by atoms with Crippen molar-refractivity contribution in [2.75, 3.05) is 69.4 Å². The van der Waals surface area contributed by atoms with Crippen LogP contribution in [0, 0.1) is 0 Å². The molecule has 4 aromatic rings. The summed E-state index contributed by atoms with van der Waals surface area (Å²) in [6, 6.07) is 10.1. The fourth-order valence-electron chi connectivity index (χ4n) is 4.93. The lowest BCUT2D eigenvalue weighted by Crippen LogP contribution is -2.38. The van der Waals surface area contributed by atoms with Crippen molar-refractivity contribution in [3.63, 3.8) is 0 Å². The molecule has 37 heavy (non-hydrogen) atoms. The number of fused-ring (bicyclic) bond motifs is 1. The van der Waals surface area contributed by atoms with Gasteiger partial charge in [0, 0.05) is 79.2 Å². The molecule has 2 aliphatic rings. The first-order chi connectivity index (χ1) is 18.2. The molecular weight excluding hydrogens is 470 g/mol. The van der Waals surface area contributed by atoms with Gasteiger partial charge in [-0.15, -0.1) is 0 Å². The van der Waals surface area contributed by atoms with Crippen LogP contribution in [0.1, 0.15) is 0 Å². The number of benzene rings is 1. The first-order valence-electron chi connectivity index (χ1n) is 12.8. The van der Waals surface area contributed by atoms with E-state index in [2.05, 4.69) is 42.3 Å². The molecule has 0 unspecified atom stereocenters. The molecule has 1 aromatic carbocycles. The van der Waals surface area contributed by atoms with Gasteiger partial charge < -0.3 is 24.7 Å². The number of hydrogen-bond acceptors (Lipinski definition) is 8. The van der Waals surface area contributed by atoms with Crippen LogP contribution in [0.4, 0.5) is 17.2 Å². The molecule has 10 nitrogen and oxygen atoms in total. The van der Waals surface area contributed by atoms with Gasteiger partial charge >= 0.3 is 0 Å². The lowest BCUT2D eigenvalue weighted by atomic mass is 10.0. The summed E-state index contributed by atoms with van der Waals surface area (Å²) in [5.74, 6) is 0.527. The molecule has 0 saturated carbocycles. The molecule has 5 heterocycles. The van der Waals surface area contributed by atoms with Crippen LogP contribution in [0.2, 0.25) is 0 Å². The van der Waals surface area contributed by atoms with E-state index < -0.39 is 0 Å². The fourth-order valence-corrected chi connectivity index (χ4v) is 4.93. The smallest absolute Gasteiger partial charge is 0.259 e. The van der Waals surface area contributed by atoms with Crippen molar-refractivity contribution >= 4 is 28.0 Å². The fraction of sp³-hybridized carbons (Fsp3) is 0.370. The van der Waals surface area contributed by atoms with Crippen LogP contribution in [0.3, 0.4) is 0 Å². The summed E-state index contributed by atoms with van der Waals surface area (Å²) in [5, 5.41) is 9.27. The number of anilines is 3. The summed E-state index contributed by atoms with van der Waals surface area (Å²) in [6.45, 7) is 8.48. The Bertz CT molecular complexity index is 1400. The average molecular weight is 502 g/mol. The van der Waals surface area contributed by atoms with E-state index in [-0.39, 0.29) is 5.56 Å². The molecule has 3 aromatic heterocycles. The van der Waals surface area contributed by atoms with E-state index in [1.165, 1.54) is 0 Å². The van der Waals surface area contributed by atoms with Crippen LogP contribution in [0.15, 0.2) is 59.9 Å². The largest absolute Gasteiger partial charge is 0.379 e. The van der Waals surface area contributed by atoms with Crippen LogP contribution in [0.5, 0.6) is 0 Å². The monoisotopic (exact) mass is 501 g/mol. The summed E-state index contributed by atoms with van der Waals surface area (Å²) < 4.78 is 12.8. The Kier molecular flexibility index (Phi) is 6.85. The van der Waals surface area contributed by atoms with Crippen molar-refractivity contribution in [2.45, 2.75) is 6.54 Å². The average Bonchev–Trinajstić information content (AvgIpc) is 3.42. The zero-order chi connectivity index (χ0) is 25.0. The number of ether oxygens (including phenoxy) is 2. The highest BCUT2D eigenvalue weighted by Gasteiger charge is 2.16. The van der Waals surface area contributed by atoms with E-state index in [0.29, 0.717) is 11.2 Å². The molecule has 0 atom stereocenters. The van der Waals surface area contributed by atoms with Gasteiger partial charge in [0.2, 0.25) is 0 Å². The zero-order valence-electron chi connectivity index (χ0n) is 20.7. The van der Waals surface area contributed by atoms with Gasteiger partial charge in [-0.3, -0.25) is 14.4 Å². The second-order valence-electron chi connectivity index (χ2n) is 9.33. The van der Waals surface area contributed by atoms with Gasteiger partial charge in [0.15, 0.2) is 0 Å². The predicted molar refractivity (Wildman–Crippen MR) is 144 cm³/mol. The van der Waals surface area contributed by atoms with Crippen LogP contribution < -0.4 is 15.8 Å². The molecule has 2 fully saturated rings. The highest BCUT2D eigenvalue weighted by atomic mass is 16.5. The summed E-state index contributed by atoms with van der Waals surface area (Å²) in [4.78, 5) is 25.1. The minimum atomic E-state index is -0.181. The number of nitrogens with one attached hydrogen (secondary N) is 2. The third-order valence-electron chi connectivity index (χ3n) is 7.01. The Hall–Kier alpha value is -3.73. The van der Waals surface area contributed by atoms with Gasteiger partial charge in [0.1, 0.15) is 5.82 Å². The lowest BCUT2D eigenvalue weighted by molar-refractivity contribution is 0.0360. The van der Waals surface area contributed by atoms with E-state index in [9.17, 15) is 4.79 Å². The second kappa shape index (κ2) is 10.7. The van der Waals surface area contributed by atoms with E-state index in [1.54, 1.807) is 6.20 Å². The molecule has 2 N–H and O–H groups in total. The molecular formula is C27H31N7O3. The molecule has 6 rings (SSSR count). The Balaban J connectivity index is 1.23. The third kappa shape index (κ3) is 5.22. The minimum Gasteiger partial charge on any atom is -0.379 e. The van der Waals surface area contributed by atoms with Crippen LogP contribution >= 0.6 is 0 Å². The van der Waals surface area contributed by atoms with Crippen LogP contribution in [0.25, 0.3) is 21.9 Å². The molecule has 0 bridgehead atoms. The number of aromatic amines is 1. The quantitative estimate of drug-likeness (QED) is 0.399. The Morgan fingerprint density at radius 2 is 1.68 bits per heavy atom. The summed E-state index contributed by atoms with van der Waals surface area (Å²) >= 11 is 0. The number of nitrogens with zero attached hydrogens (tertiary/aromatic N) is 5. The van der Waals surface area contributed by atoms with E-state index in [0.717, 1.165) is 93.6 Å². The van der Waals surface area contributed by atoms with Crippen molar-refractivity contribution in [1.82, 2.24) is 24.6 Å². The van der Waals surface area contributed by atoms with E-state index >= 15 is 0 Å². The standard InChI is InChI=1S/C27H31N7O3/c35-27-25-23(5-6-28-27)24(20-17-30-34(19-20)8-7-32-9-13-36-14-10-32)18-29-26(25)31-21-1-3-22(4-2-21)33-11-15-37-16-12-33/h1-6,17-19H,7-16H2,(H,28,35)(H,29,31). The third-order valence-corrected chi connectivity index (χ3v) is 7.01. The van der Waals surface area contributed by atoms with Crippen molar-refractivity contribution in [3.05, 3.63) is 65.5 Å². The normalized spacial score (nSPS) is 16.8. The summed E-state index contributed by atoms with van der Waals surface area (Å²) in [6.07, 6.45) is 7.36. The predicted octanol–water partition coefficient (Wildman–Crippen LogP) is 2.70. The highest BCUT2D eigenvalue weighted by molar-refractivity contribution is 6.01. The molecule has 0 aliphatic carbocycles. The van der Waals surface area contributed by atoms with Crippen molar-refractivity contribution in [2.24, 2.45) is 0 Å². The van der Waals surface area contributed by atoms with Crippen molar-refractivity contribution in [1.29, 1.82) is 0 Å². The van der Waals surface area contributed by atoms with Gasteiger partial charge in [0.25, 0.3) is 5.56 Å². The lowest BCUT2D eigenvalue weighted by Gasteiger charge is -2.28. The van der Waals surface area contributed by atoms with Crippen LogP contribution in [-0.2, 0) is 16.0 Å². The van der Waals surface area contributed by atoms with Gasteiger partial charge in [-0.2, -0.15) is 5.10 Å². The second-order valence-corrected chi connectivity index (χ2v) is 9.33. The van der Waals surface area contributed by atoms with Crippen molar-refractivity contribution in [3.8, 4) is 11.1 Å². The van der Waals surface area contributed by atoms with Crippen LogP contribution in [-0.4, -0.2) is 83.8 Å². The molecule has 0 spiro atoms. The number of pyridine rings is 2. The van der Waals surface area contributed by atoms with Crippen molar-refractivity contribution < 1.29 is 9.47 Å². The Morgan fingerprint density at radius 3 is 2.46 bits per heavy atom. The molecule has 0 radical (unpaired) electrons. The summed E-state index contributed by atoms with van der Waals surface area (Å²) in [5.41, 5.74) is 3.67. The number of aromatic nitrogens is 4. The van der Waals surface area contributed by atoms with Gasteiger partial charge in [0.05, 0.1) is 44.6 Å². The summed E-state index contributed by atoms with van der Waals surface area (Å²) in [7, 11) is 0. The molecule has 0 amide bonds. The maximum absolute atomic E-state index is 12.9. The molecule has 10 heteroatoms.